The van der Waals surface area contributed by atoms with Gasteiger partial charge in [0, 0.05) is 56.4 Å². The van der Waals surface area contributed by atoms with Crippen LogP contribution >= 0.6 is 0 Å². The SMILES string of the molecule is O=C(O)C(F)(F)F.O=C(c1cnccn1)N1CCCC2(CCN(c3ncccn3)C2)C1. The minimum absolute atomic E-state index is 0.0170. The van der Waals surface area contributed by atoms with Crippen molar-refractivity contribution in [2.75, 3.05) is 31.1 Å². The molecule has 0 aliphatic carbocycles. The van der Waals surface area contributed by atoms with E-state index in [0.717, 1.165) is 51.4 Å². The lowest BCUT2D eigenvalue weighted by Gasteiger charge is -2.40. The highest BCUT2D eigenvalue weighted by Crippen LogP contribution is 2.40. The highest BCUT2D eigenvalue weighted by Gasteiger charge is 2.43. The number of halogens is 3. The van der Waals surface area contributed by atoms with E-state index in [1.54, 1.807) is 31.0 Å². The molecular weight excluding hydrogens is 417 g/mol. The number of amides is 1. The number of nitrogens with zero attached hydrogens (tertiary/aromatic N) is 6. The van der Waals surface area contributed by atoms with Gasteiger partial charge in [0.25, 0.3) is 5.91 Å². The number of piperidine rings is 1. The summed E-state index contributed by atoms with van der Waals surface area (Å²) in [5, 5.41) is 7.12. The van der Waals surface area contributed by atoms with Gasteiger partial charge in [0.15, 0.2) is 0 Å². The summed E-state index contributed by atoms with van der Waals surface area (Å²) in [5.41, 5.74) is 0.561. The summed E-state index contributed by atoms with van der Waals surface area (Å²) in [4.78, 5) is 42.6. The van der Waals surface area contributed by atoms with E-state index < -0.39 is 12.1 Å². The Hall–Kier alpha value is -3.31. The van der Waals surface area contributed by atoms with Gasteiger partial charge in [-0.1, -0.05) is 0 Å². The molecule has 1 unspecified atom stereocenters. The minimum atomic E-state index is -5.08. The summed E-state index contributed by atoms with van der Waals surface area (Å²) < 4.78 is 31.7. The monoisotopic (exact) mass is 438 g/mol. The van der Waals surface area contributed by atoms with E-state index in [9.17, 15) is 18.0 Å². The summed E-state index contributed by atoms with van der Waals surface area (Å²) in [5.74, 6) is -1.99. The maximum absolute atomic E-state index is 12.7. The molecule has 2 aliphatic heterocycles. The third kappa shape index (κ3) is 5.64. The predicted octanol–water partition coefficient (Wildman–Crippen LogP) is 2.03. The first-order valence-electron chi connectivity index (χ1n) is 9.58. The number of carbonyl (C=O) groups is 2. The zero-order valence-corrected chi connectivity index (χ0v) is 16.5. The Labute approximate surface area is 176 Å². The van der Waals surface area contributed by atoms with Gasteiger partial charge in [-0.15, -0.1) is 0 Å². The van der Waals surface area contributed by atoms with Gasteiger partial charge in [0.1, 0.15) is 5.69 Å². The Kier molecular flexibility index (Phi) is 6.66. The largest absolute Gasteiger partial charge is 0.490 e. The van der Waals surface area contributed by atoms with E-state index in [2.05, 4.69) is 24.8 Å². The van der Waals surface area contributed by atoms with Crippen LogP contribution in [0.5, 0.6) is 0 Å². The van der Waals surface area contributed by atoms with Crippen molar-refractivity contribution in [1.82, 2.24) is 24.8 Å². The van der Waals surface area contributed by atoms with Crippen molar-refractivity contribution in [2.45, 2.75) is 25.4 Å². The third-order valence-electron chi connectivity index (χ3n) is 5.25. The molecule has 0 aromatic carbocycles. The summed E-state index contributed by atoms with van der Waals surface area (Å²) in [6, 6.07) is 1.83. The van der Waals surface area contributed by atoms with Crippen LogP contribution in [0.2, 0.25) is 0 Å². The standard InChI is InChI=1S/C17H20N6O.C2HF3O2/c24-15(14-11-18-7-8-19-14)22-9-1-3-17(12-22)4-10-23(13-17)16-20-5-2-6-21-16;3-2(4,5)1(6)7/h2,5-8,11H,1,3-4,9-10,12-13H2;(H,6,7). The first-order chi connectivity index (χ1) is 14.7. The number of carboxylic acids is 1. The molecule has 2 fully saturated rings. The number of aliphatic carboxylic acids is 1. The number of carbonyl (C=O) groups excluding carboxylic acids is 1. The average molecular weight is 438 g/mol. The van der Waals surface area contributed by atoms with Crippen molar-refractivity contribution in [3.63, 3.8) is 0 Å². The van der Waals surface area contributed by atoms with E-state index >= 15 is 0 Å². The number of rotatable bonds is 2. The summed E-state index contributed by atoms with van der Waals surface area (Å²) >= 11 is 0. The zero-order valence-electron chi connectivity index (χ0n) is 16.5. The van der Waals surface area contributed by atoms with Crippen LogP contribution in [0.4, 0.5) is 19.1 Å². The van der Waals surface area contributed by atoms with Gasteiger partial charge in [0.05, 0.1) is 6.20 Å². The Balaban J connectivity index is 0.000000339. The fourth-order valence-electron chi connectivity index (χ4n) is 3.85. The number of likely N-dealkylation sites (tertiary alicyclic amines) is 1. The predicted molar refractivity (Wildman–Crippen MR) is 102 cm³/mol. The highest BCUT2D eigenvalue weighted by molar-refractivity contribution is 5.92. The molecule has 0 bridgehead atoms. The van der Waals surface area contributed by atoms with E-state index in [4.69, 9.17) is 9.90 Å². The molecule has 0 radical (unpaired) electrons. The van der Waals surface area contributed by atoms with E-state index in [1.165, 1.54) is 0 Å². The van der Waals surface area contributed by atoms with Gasteiger partial charge in [-0.05, 0) is 25.3 Å². The van der Waals surface area contributed by atoms with Gasteiger partial charge >= 0.3 is 12.1 Å². The van der Waals surface area contributed by atoms with E-state index in [1.807, 2.05) is 11.0 Å². The molecule has 4 rings (SSSR count). The van der Waals surface area contributed by atoms with Gasteiger partial charge in [-0.3, -0.25) is 9.78 Å². The summed E-state index contributed by atoms with van der Waals surface area (Å²) in [7, 11) is 0. The molecule has 1 atom stereocenters. The molecule has 1 N–H and O–H groups in total. The lowest BCUT2D eigenvalue weighted by atomic mass is 9.79. The number of alkyl halides is 3. The lowest BCUT2D eigenvalue weighted by molar-refractivity contribution is -0.192. The molecule has 12 heteroatoms. The Morgan fingerprint density at radius 1 is 1.00 bits per heavy atom. The molecule has 9 nitrogen and oxygen atoms in total. The van der Waals surface area contributed by atoms with Crippen LogP contribution in [0.1, 0.15) is 29.8 Å². The molecule has 1 amide bonds. The van der Waals surface area contributed by atoms with Gasteiger partial charge in [0.2, 0.25) is 5.95 Å². The van der Waals surface area contributed by atoms with Gasteiger partial charge in [-0.2, -0.15) is 13.2 Å². The van der Waals surface area contributed by atoms with Crippen molar-refractivity contribution in [3.8, 4) is 0 Å². The zero-order chi connectivity index (χ0) is 22.5. The quantitative estimate of drug-likeness (QED) is 0.758. The first-order valence-corrected chi connectivity index (χ1v) is 9.58. The number of hydrogen-bond acceptors (Lipinski definition) is 7. The second-order valence-electron chi connectivity index (χ2n) is 7.44. The van der Waals surface area contributed by atoms with Crippen molar-refractivity contribution >= 4 is 17.8 Å². The summed E-state index contributed by atoms with van der Waals surface area (Å²) in [6.07, 6.45) is 6.39. The van der Waals surface area contributed by atoms with Crippen LogP contribution in [0, 0.1) is 5.41 Å². The number of hydrogen-bond donors (Lipinski definition) is 1. The minimum Gasteiger partial charge on any atom is -0.475 e. The summed E-state index contributed by atoms with van der Waals surface area (Å²) in [6.45, 7) is 3.41. The number of anilines is 1. The number of carboxylic acid groups (broad SMARTS) is 1. The van der Waals surface area contributed by atoms with Crippen molar-refractivity contribution < 1.29 is 27.9 Å². The second-order valence-corrected chi connectivity index (χ2v) is 7.44. The van der Waals surface area contributed by atoms with Crippen molar-refractivity contribution in [2.24, 2.45) is 5.41 Å². The molecule has 1 spiro atoms. The lowest BCUT2D eigenvalue weighted by Crippen LogP contribution is -2.47. The molecular formula is C19H21F3N6O3. The van der Waals surface area contributed by atoms with Crippen LogP contribution in [-0.4, -0.2) is 74.2 Å². The van der Waals surface area contributed by atoms with Crippen LogP contribution in [0.15, 0.2) is 37.1 Å². The van der Waals surface area contributed by atoms with Crippen molar-refractivity contribution in [3.05, 3.63) is 42.7 Å². The Morgan fingerprint density at radius 2 is 1.71 bits per heavy atom. The Morgan fingerprint density at radius 3 is 2.32 bits per heavy atom. The molecule has 0 saturated carbocycles. The topological polar surface area (TPSA) is 112 Å². The van der Waals surface area contributed by atoms with Crippen LogP contribution in [0.3, 0.4) is 0 Å². The second kappa shape index (κ2) is 9.23. The van der Waals surface area contributed by atoms with Crippen LogP contribution < -0.4 is 4.90 Å². The third-order valence-corrected chi connectivity index (χ3v) is 5.25. The molecule has 2 aromatic rings. The maximum Gasteiger partial charge on any atom is 0.490 e. The first kappa shape index (κ1) is 22.4. The fraction of sp³-hybridized carbons (Fsp3) is 0.474. The van der Waals surface area contributed by atoms with E-state index in [-0.39, 0.29) is 11.3 Å². The molecule has 2 aromatic heterocycles. The smallest absolute Gasteiger partial charge is 0.475 e. The van der Waals surface area contributed by atoms with E-state index in [0.29, 0.717) is 5.69 Å². The maximum atomic E-state index is 12.7. The highest BCUT2D eigenvalue weighted by atomic mass is 19.4. The fourth-order valence-corrected chi connectivity index (χ4v) is 3.85. The molecule has 31 heavy (non-hydrogen) atoms. The normalized spacial score (nSPS) is 20.9. The molecule has 4 heterocycles. The average Bonchev–Trinajstić information content (AvgIpc) is 3.17. The number of aromatic nitrogens is 4. The van der Waals surface area contributed by atoms with Crippen LogP contribution in [0.25, 0.3) is 0 Å². The molecule has 2 aliphatic rings. The van der Waals surface area contributed by atoms with Gasteiger partial charge in [-0.25, -0.2) is 19.7 Å². The molecule has 2 saturated heterocycles. The van der Waals surface area contributed by atoms with Gasteiger partial charge < -0.3 is 14.9 Å². The molecule has 166 valence electrons. The van der Waals surface area contributed by atoms with Crippen molar-refractivity contribution in [1.29, 1.82) is 0 Å². The Bertz CT molecular complexity index is 900. The van der Waals surface area contributed by atoms with Crippen LogP contribution in [-0.2, 0) is 4.79 Å².